The number of carbonyl (C=O) groups is 2. The van der Waals surface area contributed by atoms with E-state index in [-0.39, 0.29) is 18.5 Å². The number of amides is 1. The van der Waals surface area contributed by atoms with Crippen molar-refractivity contribution in [2.45, 2.75) is 334 Å². The van der Waals surface area contributed by atoms with Gasteiger partial charge < -0.3 is 20.3 Å². The van der Waals surface area contributed by atoms with Crippen molar-refractivity contribution in [1.29, 1.82) is 0 Å². The number of hydrogen-bond acceptors (Lipinski definition) is 5. The van der Waals surface area contributed by atoms with Crippen LogP contribution in [0.4, 0.5) is 0 Å². The second kappa shape index (κ2) is 57.7. The number of carbonyl (C=O) groups excluding carboxylic acids is 2. The number of ether oxygens (including phenoxy) is 1. The Hall–Kier alpha value is -1.92. The van der Waals surface area contributed by atoms with Crippen LogP contribution in [0.5, 0.6) is 0 Å². The van der Waals surface area contributed by atoms with E-state index in [4.69, 9.17) is 4.74 Å². The van der Waals surface area contributed by atoms with Crippen LogP contribution in [-0.2, 0) is 14.3 Å². The highest BCUT2D eigenvalue weighted by molar-refractivity contribution is 5.76. The molecule has 6 heteroatoms. The third-order valence-electron chi connectivity index (χ3n) is 13.9. The minimum absolute atomic E-state index is 0.0118. The molecule has 68 heavy (non-hydrogen) atoms. The molecule has 2 unspecified atom stereocenters. The number of nitrogens with one attached hydrogen (secondary N) is 1. The van der Waals surface area contributed by atoms with E-state index in [1.54, 1.807) is 6.08 Å². The van der Waals surface area contributed by atoms with Crippen molar-refractivity contribution >= 4 is 11.9 Å². The van der Waals surface area contributed by atoms with Gasteiger partial charge in [-0.1, -0.05) is 281 Å². The Balaban J connectivity index is 3.50. The predicted molar refractivity (Wildman–Crippen MR) is 296 cm³/mol. The average Bonchev–Trinajstić information content (AvgIpc) is 3.34. The van der Waals surface area contributed by atoms with Gasteiger partial charge in [-0.2, -0.15) is 0 Å². The van der Waals surface area contributed by atoms with Crippen LogP contribution in [0, 0.1) is 0 Å². The standard InChI is InChI=1S/C62H117NO5/c1-3-5-7-9-11-13-15-17-19-20-24-27-30-34-38-42-46-50-54-60(65)59(58-64)63-61(66)55-51-47-43-39-35-31-28-25-22-21-23-26-29-33-37-41-45-49-53-57-68-62(67)56-52-48-44-40-36-32-18-16-14-12-10-8-6-4-2/h26,29,33,37,50,54,59-60,64-65H,3-25,27-28,30-32,34-36,38-49,51-53,55-58H2,1-2H3,(H,63,66)/b29-26-,37-33-,54-50+. The molecule has 0 fully saturated rings. The predicted octanol–water partition coefficient (Wildman–Crippen LogP) is 18.8. The third kappa shape index (κ3) is 53.4. The van der Waals surface area contributed by atoms with Crippen LogP contribution < -0.4 is 5.32 Å². The summed E-state index contributed by atoms with van der Waals surface area (Å²) in [6.45, 7) is 4.88. The van der Waals surface area contributed by atoms with Gasteiger partial charge in [-0.25, -0.2) is 0 Å². The quantitative estimate of drug-likeness (QED) is 0.0244. The van der Waals surface area contributed by atoms with Gasteiger partial charge in [-0.15, -0.1) is 0 Å². The molecule has 0 rings (SSSR count). The zero-order valence-corrected chi connectivity index (χ0v) is 45.6. The molecule has 400 valence electrons. The van der Waals surface area contributed by atoms with Crippen LogP contribution in [0.2, 0.25) is 0 Å². The highest BCUT2D eigenvalue weighted by Crippen LogP contribution is 2.17. The van der Waals surface area contributed by atoms with Crippen molar-refractivity contribution in [3.8, 4) is 0 Å². The Bertz CT molecular complexity index is 1100. The molecule has 0 aromatic heterocycles. The Morgan fingerprint density at radius 3 is 1.09 bits per heavy atom. The summed E-state index contributed by atoms with van der Waals surface area (Å²) < 4.78 is 5.45. The molecule has 0 aromatic rings. The fourth-order valence-corrected chi connectivity index (χ4v) is 9.27. The SMILES string of the molecule is CCCCCCCCCCCCCCCCCC/C=C/C(O)C(CO)NC(=O)CCCCCCCCCCCC/C=C\C=C/CCCCCOC(=O)CCCCCCCCCCCCCCCC. The van der Waals surface area contributed by atoms with E-state index < -0.39 is 12.1 Å². The van der Waals surface area contributed by atoms with Gasteiger partial charge in [0, 0.05) is 12.8 Å². The smallest absolute Gasteiger partial charge is 0.305 e. The van der Waals surface area contributed by atoms with E-state index in [0.717, 1.165) is 77.0 Å². The van der Waals surface area contributed by atoms with Crippen LogP contribution >= 0.6 is 0 Å². The van der Waals surface area contributed by atoms with Crippen molar-refractivity contribution < 1.29 is 24.5 Å². The van der Waals surface area contributed by atoms with Gasteiger partial charge >= 0.3 is 5.97 Å². The van der Waals surface area contributed by atoms with Crippen molar-refractivity contribution in [2.24, 2.45) is 0 Å². The molecule has 2 atom stereocenters. The van der Waals surface area contributed by atoms with Crippen LogP contribution in [-0.4, -0.2) is 47.4 Å². The fraction of sp³-hybridized carbons (Fsp3) is 0.871. The van der Waals surface area contributed by atoms with Crippen LogP contribution in [0.1, 0.15) is 322 Å². The lowest BCUT2D eigenvalue weighted by molar-refractivity contribution is -0.143. The topological polar surface area (TPSA) is 95.9 Å². The van der Waals surface area contributed by atoms with Gasteiger partial charge in [0.1, 0.15) is 0 Å². The molecule has 0 bridgehead atoms. The Labute approximate surface area is 424 Å². The lowest BCUT2D eigenvalue weighted by Gasteiger charge is -2.20. The molecule has 3 N–H and O–H groups in total. The zero-order valence-electron chi connectivity index (χ0n) is 45.6. The molecular formula is C62H117NO5. The van der Waals surface area contributed by atoms with E-state index >= 15 is 0 Å². The molecule has 0 spiro atoms. The van der Waals surface area contributed by atoms with Gasteiger partial charge in [0.05, 0.1) is 25.4 Å². The monoisotopic (exact) mass is 956 g/mol. The number of esters is 1. The van der Waals surface area contributed by atoms with Crippen molar-refractivity contribution in [3.05, 3.63) is 36.5 Å². The van der Waals surface area contributed by atoms with Gasteiger partial charge in [-0.05, 0) is 64.2 Å². The summed E-state index contributed by atoms with van der Waals surface area (Å²) >= 11 is 0. The lowest BCUT2D eigenvalue weighted by Crippen LogP contribution is -2.45. The van der Waals surface area contributed by atoms with Crippen molar-refractivity contribution in [3.63, 3.8) is 0 Å². The Morgan fingerprint density at radius 2 is 0.721 bits per heavy atom. The van der Waals surface area contributed by atoms with Crippen LogP contribution in [0.25, 0.3) is 0 Å². The summed E-state index contributed by atoms with van der Waals surface area (Å²) in [6, 6.07) is -0.636. The molecular weight excluding hydrogens is 839 g/mol. The second-order valence-corrected chi connectivity index (χ2v) is 20.7. The molecule has 0 saturated heterocycles. The molecule has 1 amide bonds. The van der Waals surface area contributed by atoms with Crippen molar-refractivity contribution in [2.75, 3.05) is 13.2 Å². The molecule has 0 aliphatic rings. The first-order valence-corrected chi connectivity index (χ1v) is 30.3. The number of aliphatic hydroxyl groups excluding tert-OH is 2. The first-order valence-electron chi connectivity index (χ1n) is 30.3. The molecule has 0 aromatic carbocycles. The number of unbranched alkanes of at least 4 members (excludes halogenated alkanes) is 42. The van der Waals surface area contributed by atoms with E-state index in [2.05, 4.69) is 43.5 Å². The maximum Gasteiger partial charge on any atom is 0.305 e. The summed E-state index contributed by atoms with van der Waals surface area (Å²) in [7, 11) is 0. The number of aliphatic hydroxyl groups is 2. The minimum Gasteiger partial charge on any atom is -0.466 e. The van der Waals surface area contributed by atoms with E-state index in [9.17, 15) is 19.8 Å². The molecule has 0 radical (unpaired) electrons. The summed E-state index contributed by atoms with van der Waals surface area (Å²) in [4.78, 5) is 24.5. The minimum atomic E-state index is -0.852. The molecule has 0 aliphatic heterocycles. The normalized spacial score (nSPS) is 12.8. The van der Waals surface area contributed by atoms with Crippen LogP contribution in [0.3, 0.4) is 0 Å². The van der Waals surface area contributed by atoms with Crippen molar-refractivity contribution in [1.82, 2.24) is 5.32 Å². The van der Waals surface area contributed by atoms with E-state index in [0.29, 0.717) is 19.4 Å². The number of rotatable bonds is 56. The average molecular weight is 957 g/mol. The summed E-state index contributed by atoms with van der Waals surface area (Å²) in [5, 5.41) is 23.2. The molecule has 0 aliphatic carbocycles. The van der Waals surface area contributed by atoms with Gasteiger partial charge in [-0.3, -0.25) is 9.59 Å². The highest BCUT2D eigenvalue weighted by Gasteiger charge is 2.18. The van der Waals surface area contributed by atoms with Crippen LogP contribution in [0.15, 0.2) is 36.5 Å². The first-order chi connectivity index (χ1) is 33.5. The highest BCUT2D eigenvalue weighted by atomic mass is 16.5. The van der Waals surface area contributed by atoms with Gasteiger partial charge in [0.2, 0.25) is 5.91 Å². The molecule has 0 saturated carbocycles. The number of allylic oxidation sites excluding steroid dienone is 5. The van der Waals surface area contributed by atoms with Gasteiger partial charge in [0.15, 0.2) is 0 Å². The summed E-state index contributed by atoms with van der Waals surface area (Å²) in [5.74, 6) is -0.0878. The maximum atomic E-state index is 12.5. The first kappa shape index (κ1) is 66.1. The zero-order chi connectivity index (χ0) is 49.3. The number of hydrogen-bond donors (Lipinski definition) is 3. The molecule has 0 heterocycles. The Morgan fingerprint density at radius 1 is 0.412 bits per heavy atom. The maximum absolute atomic E-state index is 12.5. The summed E-state index contributed by atoms with van der Waals surface area (Å²) in [5.41, 5.74) is 0. The molecule has 6 nitrogen and oxygen atoms in total. The Kier molecular flexibility index (Phi) is 56.0. The van der Waals surface area contributed by atoms with Gasteiger partial charge in [0.25, 0.3) is 0 Å². The summed E-state index contributed by atoms with van der Waals surface area (Å²) in [6.07, 6.45) is 71.7. The second-order valence-electron chi connectivity index (χ2n) is 20.7. The third-order valence-corrected chi connectivity index (χ3v) is 13.9. The lowest BCUT2D eigenvalue weighted by atomic mass is 10.0. The van der Waals surface area contributed by atoms with E-state index in [1.807, 2.05) is 6.08 Å². The van der Waals surface area contributed by atoms with E-state index in [1.165, 1.54) is 218 Å². The fourth-order valence-electron chi connectivity index (χ4n) is 9.27. The largest absolute Gasteiger partial charge is 0.466 e.